The molecule has 0 bridgehead atoms. The molecule has 0 amide bonds. The van der Waals surface area contributed by atoms with Gasteiger partial charge in [-0.1, -0.05) is 46.4 Å². The Bertz CT molecular complexity index is 4860. The van der Waals surface area contributed by atoms with E-state index in [2.05, 4.69) is 35.0 Å². The van der Waals surface area contributed by atoms with Gasteiger partial charge in [0.1, 0.15) is 27.9 Å². The Hall–Kier alpha value is -10.3. The van der Waals surface area contributed by atoms with Gasteiger partial charge in [0.15, 0.2) is 11.5 Å². The number of aromatic nitrogens is 12. The number of halogens is 5. The minimum absolute atomic E-state index is 0.142. The average molecular weight is 1370 g/mol. The van der Waals surface area contributed by atoms with E-state index in [0.717, 1.165) is 56.0 Å². The number of aryl methyl sites for hydroxylation is 8. The third-order valence-electron chi connectivity index (χ3n) is 15.8. The molecule has 96 heavy (non-hydrogen) atoms. The Morgan fingerprint density at radius 2 is 0.729 bits per heavy atom. The molecule has 0 spiro atoms. The minimum atomic E-state index is -0.787. The summed E-state index contributed by atoms with van der Waals surface area (Å²) in [4.78, 5) is 66.0. The van der Waals surface area contributed by atoms with Crippen molar-refractivity contribution in [3.05, 3.63) is 257 Å². The molecule has 9 aromatic heterocycles. The van der Waals surface area contributed by atoms with Crippen molar-refractivity contribution >= 4 is 115 Å². The van der Waals surface area contributed by atoms with E-state index >= 15 is 4.39 Å². The minimum Gasteiger partial charge on any atom is -0.481 e. The van der Waals surface area contributed by atoms with E-state index in [1.165, 1.54) is 24.1 Å². The number of hydrogen-bond acceptors (Lipinski definition) is 15. The molecular weight excluding hydrogens is 1300 g/mol. The van der Waals surface area contributed by atoms with Crippen molar-refractivity contribution in [3.63, 3.8) is 0 Å². The van der Waals surface area contributed by atoms with Crippen molar-refractivity contribution in [1.29, 1.82) is 0 Å². The van der Waals surface area contributed by atoms with Crippen LogP contribution in [-0.2, 0) is 0 Å². The lowest BCUT2D eigenvalue weighted by Crippen LogP contribution is -2.19. The largest absolute Gasteiger partial charge is 0.481 e. The molecule has 12 rings (SSSR count). The highest BCUT2D eigenvalue weighted by Gasteiger charge is 2.22. The Morgan fingerprint density at radius 1 is 0.406 bits per heavy atom. The van der Waals surface area contributed by atoms with E-state index in [-0.39, 0.29) is 27.8 Å². The summed E-state index contributed by atoms with van der Waals surface area (Å²) in [5, 5.41) is 16.0. The second-order valence-electron chi connectivity index (χ2n) is 22.5. The monoisotopic (exact) mass is 1360 g/mol. The molecule has 18 nitrogen and oxygen atoms in total. The molecule has 12 aromatic rings. The van der Waals surface area contributed by atoms with E-state index in [4.69, 9.17) is 70.8 Å². The van der Waals surface area contributed by atoms with Crippen LogP contribution in [-0.4, -0.2) is 80.6 Å². The second-order valence-corrected chi connectivity index (χ2v) is 24.3. The fraction of sp³-hybridized carbons (Fsp3) is 0.178. The summed E-state index contributed by atoms with van der Waals surface area (Å²) in [6.07, 6.45) is 9.77. The van der Waals surface area contributed by atoms with E-state index < -0.39 is 11.3 Å². The van der Waals surface area contributed by atoms with Crippen LogP contribution in [0.15, 0.2) is 142 Å². The number of pyridine rings is 6. The first-order valence-electron chi connectivity index (χ1n) is 29.8. The first-order valence-corrected chi connectivity index (χ1v) is 31.3. The van der Waals surface area contributed by atoms with E-state index in [0.29, 0.717) is 105 Å². The molecule has 0 radical (unpaired) electrons. The molecule has 0 atom stereocenters. The SMILES string of the molecule is COc1cc(/C=C(\C)c2nn(-c3ccc(Cl)cc3C)c3cc(C)c(C)nc3c2=O)ccn1.COc1cc(/C=C(\C)c2nn(-c3ccc(Cl)cc3Cl)c3cc(C)c(C)nc3c2=O)ccn1.COc1cc(/C=C(\F)c2nn(-c3ccc(Cl)cc3C)c3cc(C)c(C)nc3c2=O)ccn1. The van der Waals surface area contributed by atoms with Gasteiger partial charge in [0.05, 0.1) is 60.0 Å². The van der Waals surface area contributed by atoms with Crippen LogP contribution in [0.5, 0.6) is 17.6 Å². The molecule has 0 aliphatic rings. The predicted octanol–water partition coefficient (Wildman–Crippen LogP) is 16.2. The molecule has 0 saturated heterocycles. The number of benzene rings is 3. The van der Waals surface area contributed by atoms with Crippen molar-refractivity contribution in [3.8, 4) is 34.7 Å². The normalized spacial score (nSPS) is 11.8. The lowest BCUT2D eigenvalue weighted by atomic mass is 10.1. The molecule has 0 fully saturated rings. The van der Waals surface area contributed by atoms with Gasteiger partial charge in [-0.05, 0) is 234 Å². The molecule has 9 heterocycles. The first kappa shape index (κ1) is 68.5. The fourth-order valence-corrected chi connectivity index (χ4v) is 11.3. The Labute approximate surface area is 571 Å². The van der Waals surface area contributed by atoms with Crippen LogP contribution in [0.1, 0.15) is 92.5 Å². The fourth-order valence-electron chi connectivity index (χ4n) is 10.3. The number of ether oxygens (including phenoxy) is 3. The summed E-state index contributed by atoms with van der Waals surface area (Å²) < 4.78 is 35.8. The van der Waals surface area contributed by atoms with Crippen molar-refractivity contribution in [2.45, 2.75) is 69.2 Å². The molecule has 3 aromatic carbocycles. The quantitative estimate of drug-likeness (QED) is 0.111. The van der Waals surface area contributed by atoms with Gasteiger partial charge in [-0.15, -0.1) is 0 Å². The van der Waals surface area contributed by atoms with E-state index in [9.17, 15) is 14.4 Å². The highest BCUT2D eigenvalue weighted by atomic mass is 35.5. The third kappa shape index (κ3) is 14.8. The zero-order valence-electron chi connectivity index (χ0n) is 54.6. The van der Waals surface area contributed by atoms with Crippen LogP contribution >= 0.6 is 46.4 Å². The predicted molar refractivity (Wildman–Crippen MR) is 382 cm³/mol. The van der Waals surface area contributed by atoms with E-state index in [1.54, 1.807) is 96.6 Å². The lowest BCUT2D eigenvalue weighted by Gasteiger charge is -2.15. The first-order chi connectivity index (χ1) is 45.8. The molecule has 0 saturated carbocycles. The van der Waals surface area contributed by atoms with Gasteiger partial charge in [-0.3, -0.25) is 14.4 Å². The maximum atomic E-state index is 15.4. The topological polar surface area (TPSA) is 210 Å². The van der Waals surface area contributed by atoms with E-state index in [1.807, 2.05) is 130 Å². The summed E-state index contributed by atoms with van der Waals surface area (Å²) in [6.45, 7) is 18.9. The molecule has 0 aliphatic carbocycles. The molecule has 0 aliphatic heterocycles. The van der Waals surface area contributed by atoms with Crippen LogP contribution in [0.4, 0.5) is 4.39 Å². The number of nitrogens with zero attached hydrogens (tertiary/aromatic N) is 12. The van der Waals surface area contributed by atoms with Crippen LogP contribution in [0, 0.1) is 55.4 Å². The van der Waals surface area contributed by atoms with Crippen LogP contribution in [0.25, 0.3) is 85.4 Å². The summed E-state index contributed by atoms with van der Waals surface area (Å²) in [5.74, 6) is 0.529. The van der Waals surface area contributed by atoms with Crippen molar-refractivity contribution in [2.24, 2.45) is 0 Å². The van der Waals surface area contributed by atoms with Gasteiger partial charge < -0.3 is 14.2 Å². The van der Waals surface area contributed by atoms with Gasteiger partial charge in [0.25, 0.3) is 0 Å². The van der Waals surface area contributed by atoms with Crippen molar-refractivity contribution in [1.82, 2.24) is 59.2 Å². The van der Waals surface area contributed by atoms with Crippen LogP contribution in [0.2, 0.25) is 20.1 Å². The highest BCUT2D eigenvalue weighted by molar-refractivity contribution is 6.36. The van der Waals surface area contributed by atoms with Crippen LogP contribution in [0.3, 0.4) is 0 Å². The standard InChI is InChI=1S/C25H23ClN4O2.C24H20Cl2N4O2.C24H20ClFN4O2/c1-14-12-21-24(28-17(14)4)25(31)23(16(3)10-18-8-9-27-22(13-18)32-5)29-30(21)20-7-6-19(26)11-15(20)2;1-13-10-20-23(28-15(13)3)24(31)22(14(2)9-16-7-8-27-21(11-16)32-4)29-30(20)19-6-5-17(25)12-18(19)26;1-13-10-20-23(28-15(13)3)24(31)22(18(26)11-16-7-8-27-21(12-16)32-4)29-30(20)19-6-5-17(25)9-14(19)2/h6-13H,1-5H3;2*5-12H,1-4H3/b16-10+;14-9+;18-11-. The third-order valence-corrected chi connectivity index (χ3v) is 16.8. The molecular formula is C73H63Cl4FN12O6. The smallest absolute Gasteiger partial charge is 0.236 e. The number of methoxy groups -OCH3 is 3. The van der Waals surface area contributed by atoms with Gasteiger partial charge in [-0.25, -0.2) is 48.3 Å². The Kier molecular flexibility index (Phi) is 20.8. The van der Waals surface area contributed by atoms with Gasteiger partial charge in [-0.2, -0.15) is 15.3 Å². The number of allylic oxidation sites excluding steroid dienone is 2. The number of hydrogen-bond donors (Lipinski definition) is 0. The molecule has 486 valence electrons. The summed E-state index contributed by atoms with van der Waals surface area (Å²) in [6, 6.07) is 32.1. The van der Waals surface area contributed by atoms with Gasteiger partial charge >= 0.3 is 0 Å². The zero-order chi connectivity index (χ0) is 69.0. The Balaban J connectivity index is 0.000000157. The Morgan fingerprint density at radius 3 is 1.08 bits per heavy atom. The maximum Gasteiger partial charge on any atom is 0.236 e. The molecule has 23 heteroatoms. The number of rotatable bonds is 12. The average Bonchev–Trinajstić information content (AvgIpc) is 0.773. The summed E-state index contributed by atoms with van der Waals surface area (Å²) in [5.41, 5.74) is 14.3. The maximum absolute atomic E-state index is 15.4. The lowest BCUT2D eigenvalue weighted by molar-refractivity contribution is 0.397. The summed E-state index contributed by atoms with van der Waals surface area (Å²) >= 11 is 24.9. The molecule has 0 N–H and O–H groups in total. The summed E-state index contributed by atoms with van der Waals surface area (Å²) in [7, 11) is 4.59. The highest BCUT2D eigenvalue weighted by Crippen LogP contribution is 2.31. The van der Waals surface area contributed by atoms with Gasteiger partial charge in [0, 0.05) is 68.9 Å². The molecule has 0 unspecified atom stereocenters. The number of fused-ring (bicyclic) bond motifs is 3. The van der Waals surface area contributed by atoms with Gasteiger partial charge in [0.2, 0.25) is 33.9 Å². The van der Waals surface area contributed by atoms with Crippen molar-refractivity contribution < 1.29 is 18.6 Å². The second kappa shape index (κ2) is 29.1. The van der Waals surface area contributed by atoms with Crippen LogP contribution < -0.4 is 30.5 Å². The van der Waals surface area contributed by atoms with Crippen molar-refractivity contribution in [2.75, 3.05) is 21.3 Å². The zero-order valence-corrected chi connectivity index (χ0v) is 57.6.